The number of ether oxygens (including phenoxy) is 1. The lowest BCUT2D eigenvalue weighted by Crippen LogP contribution is -2.21. The lowest BCUT2D eigenvalue weighted by Gasteiger charge is -2.10. The zero-order valence-electron chi connectivity index (χ0n) is 11.3. The second-order valence-electron chi connectivity index (χ2n) is 4.56. The lowest BCUT2D eigenvalue weighted by atomic mass is 10.0. The van der Waals surface area contributed by atoms with Gasteiger partial charge < -0.3 is 10.1 Å². The number of Topliss-reactive ketones (excluding diaryl/α,β-unsaturated/α-hetero) is 1. The number of nitrogens with one attached hydrogen (secondary N) is 1. The summed E-state index contributed by atoms with van der Waals surface area (Å²) in [6.07, 6.45) is 1.41. The molecule has 0 aliphatic rings. The third-order valence-electron chi connectivity index (χ3n) is 3.02. The number of methoxy groups -OCH3 is 1. The lowest BCUT2D eigenvalue weighted by molar-refractivity contribution is -0.122. The minimum atomic E-state index is 0.100. The Bertz CT molecular complexity index is 338. The number of carbonyl (C=O) groups is 1. The van der Waals surface area contributed by atoms with Crippen molar-refractivity contribution in [2.75, 3.05) is 20.3 Å². The van der Waals surface area contributed by atoms with Crippen LogP contribution in [0.15, 0.2) is 30.3 Å². The summed E-state index contributed by atoms with van der Waals surface area (Å²) >= 11 is 0. The van der Waals surface area contributed by atoms with Crippen LogP contribution >= 0.6 is 0 Å². The highest BCUT2D eigenvalue weighted by atomic mass is 16.5. The van der Waals surface area contributed by atoms with Gasteiger partial charge in [0.25, 0.3) is 0 Å². The van der Waals surface area contributed by atoms with Gasteiger partial charge in [-0.05, 0) is 12.0 Å². The number of carbonyl (C=O) groups excluding carboxylic acids is 1. The van der Waals surface area contributed by atoms with Crippen LogP contribution in [0.2, 0.25) is 0 Å². The Balaban J connectivity index is 2.12. The Labute approximate surface area is 110 Å². The average Bonchev–Trinajstić information content (AvgIpc) is 2.41. The van der Waals surface area contributed by atoms with E-state index in [1.54, 1.807) is 7.11 Å². The van der Waals surface area contributed by atoms with E-state index in [-0.39, 0.29) is 5.92 Å². The Hall–Kier alpha value is -1.19. The predicted molar refractivity (Wildman–Crippen MR) is 73.4 cm³/mol. The first-order valence-corrected chi connectivity index (χ1v) is 6.50. The highest BCUT2D eigenvalue weighted by molar-refractivity contribution is 5.80. The van der Waals surface area contributed by atoms with E-state index in [0.29, 0.717) is 18.8 Å². The molecule has 0 bridgehead atoms. The van der Waals surface area contributed by atoms with E-state index in [2.05, 4.69) is 17.4 Å². The van der Waals surface area contributed by atoms with Gasteiger partial charge in [-0.2, -0.15) is 0 Å². The fourth-order valence-corrected chi connectivity index (χ4v) is 1.74. The van der Waals surface area contributed by atoms with E-state index in [4.69, 9.17) is 4.74 Å². The van der Waals surface area contributed by atoms with Gasteiger partial charge in [0.15, 0.2) is 0 Å². The third-order valence-corrected chi connectivity index (χ3v) is 3.02. The van der Waals surface area contributed by atoms with Crippen molar-refractivity contribution < 1.29 is 9.53 Å². The molecule has 0 aliphatic heterocycles. The molecule has 3 heteroatoms. The van der Waals surface area contributed by atoms with Gasteiger partial charge in [-0.1, -0.05) is 37.3 Å². The molecule has 1 atom stereocenters. The molecule has 18 heavy (non-hydrogen) atoms. The first-order valence-electron chi connectivity index (χ1n) is 6.50. The molecule has 0 aromatic heterocycles. The second-order valence-corrected chi connectivity index (χ2v) is 4.56. The first-order chi connectivity index (χ1) is 8.74. The maximum absolute atomic E-state index is 11.8. The van der Waals surface area contributed by atoms with E-state index in [0.717, 1.165) is 19.5 Å². The Morgan fingerprint density at radius 1 is 1.33 bits per heavy atom. The van der Waals surface area contributed by atoms with Crippen LogP contribution in [0.5, 0.6) is 0 Å². The highest BCUT2D eigenvalue weighted by Gasteiger charge is 2.11. The van der Waals surface area contributed by atoms with E-state index in [1.807, 2.05) is 25.1 Å². The summed E-state index contributed by atoms with van der Waals surface area (Å²) < 4.78 is 4.98. The van der Waals surface area contributed by atoms with Crippen molar-refractivity contribution in [2.45, 2.75) is 26.3 Å². The quantitative estimate of drug-likeness (QED) is 0.683. The second kappa shape index (κ2) is 8.84. The number of hydrogen-bond acceptors (Lipinski definition) is 3. The fourth-order valence-electron chi connectivity index (χ4n) is 1.74. The summed E-state index contributed by atoms with van der Waals surface area (Å²) in [6, 6.07) is 10.2. The van der Waals surface area contributed by atoms with Crippen molar-refractivity contribution in [1.29, 1.82) is 0 Å². The summed E-state index contributed by atoms with van der Waals surface area (Å²) in [7, 11) is 1.67. The topological polar surface area (TPSA) is 38.3 Å². The van der Waals surface area contributed by atoms with Gasteiger partial charge in [0.05, 0.1) is 0 Å². The Morgan fingerprint density at radius 2 is 2.06 bits per heavy atom. The molecule has 1 rings (SSSR count). The normalized spacial score (nSPS) is 12.3. The van der Waals surface area contributed by atoms with Crippen LogP contribution in [-0.2, 0) is 16.1 Å². The van der Waals surface area contributed by atoms with Crippen LogP contribution in [0.3, 0.4) is 0 Å². The molecule has 0 fully saturated rings. The van der Waals surface area contributed by atoms with E-state index >= 15 is 0 Å². The predicted octanol–water partition coefficient (Wildman–Crippen LogP) is 2.41. The smallest absolute Gasteiger partial charge is 0.137 e. The van der Waals surface area contributed by atoms with E-state index in [9.17, 15) is 4.79 Å². The van der Waals surface area contributed by atoms with E-state index in [1.165, 1.54) is 5.56 Å². The zero-order chi connectivity index (χ0) is 13.2. The van der Waals surface area contributed by atoms with Gasteiger partial charge in [-0.25, -0.2) is 0 Å². The molecule has 1 aromatic carbocycles. The summed E-state index contributed by atoms with van der Waals surface area (Å²) in [5.74, 6) is 0.413. The summed E-state index contributed by atoms with van der Waals surface area (Å²) in [5, 5.41) is 3.29. The molecular formula is C15H23NO2. The Kier molecular flexibility index (Phi) is 7.30. The molecule has 0 radical (unpaired) electrons. The van der Waals surface area contributed by atoms with Crippen molar-refractivity contribution in [3.05, 3.63) is 35.9 Å². The van der Waals surface area contributed by atoms with Crippen molar-refractivity contribution >= 4 is 5.78 Å². The third kappa shape index (κ3) is 5.94. The highest BCUT2D eigenvalue weighted by Crippen LogP contribution is 2.06. The molecule has 3 nitrogen and oxygen atoms in total. The van der Waals surface area contributed by atoms with E-state index < -0.39 is 0 Å². The average molecular weight is 249 g/mol. The number of rotatable bonds is 9. The van der Waals surface area contributed by atoms with Crippen LogP contribution in [-0.4, -0.2) is 26.0 Å². The molecule has 1 aromatic rings. The van der Waals surface area contributed by atoms with Crippen LogP contribution in [0.25, 0.3) is 0 Å². The largest absolute Gasteiger partial charge is 0.385 e. The van der Waals surface area contributed by atoms with Gasteiger partial charge in [0.2, 0.25) is 0 Å². The molecule has 100 valence electrons. The number of benzene rings is 1. The fraction of sp³-hybridized carbons (Fsp3) is 0.533. The molecule has 0 amide bonds. The molecule has 0 spiro atoms. The number of hydrogen-bond donors (Lipinski definition) is 1. The van der Waals surface area contributed by atoms with Gasteiger partial charge in [0.1, 0.15) is 5.78 Å². The van der Waals surface area contributed by atoms with Crippen molar-refractivity contribution in [3.8, 4) is 0 Å². The maximum Gasteiger partial charge on any atom is 0.137 e. The van der Waals surface area contributed by atoms with Crippen molar-refractivity contribution in [3.63, 3.8) is 0 Å². The number of ketones is 1. The molecule has 0 heterocycles. The van der Waals surface area contributed by atoms with Gasteiger partial charge in [-0.3, -0.25) is 4.79 Å². The van der Waals surface area contributed by atoms with Gasteiger partial charge in [0, 0.05) is 39.1 Å². The van der Waals surface area contributed by atoms with Crippen molar-refractivity contribution in [2.24, 2.45) is 5.92 Å². The van der Waals surface area contributed by atoms with Crippen LogP contribution in [0.1, 0.15) is 25.3 Å². The zero-order valence-corrected chi connectivity index (χ0v) is 11.3. The van der Waals surface area contributed by atoms with Gasteiger partial charge in [-0.15, -0.1) is 0 Å². The minimum absolute atomic E-state index is 0.100. The van der Waals surface area contributed by atoms with Crippen LogP contribution in [0, 0.1) is 5.92 Å². The minimum Gasteiger partial charge on any atom is -0.385 e. The van der Waals surface area contributed by atoms with Crippen molar-refractivity contribution in [1.82, 2.24) is 5.32 Å². The molecule has 1 unspecified atom stereocenters. The van der Waals surface area contributed by atoms with Crippen LogP contribution < -0.4 is 5.32 Å². The van der Waals surface area contributed by atoms with Crippen LogP contribution in [0.4, 0.5) is 0 Å². The summed E-state index contributed by atoms with van der Waals surface area (Å²) in [4.78, 5) is 11.8. The SMILES string of the molecule is COCCC(C)C(=O)CCNCc1ccccc1. The summed E-state index contributed by atoms with van der Waals surface area (Å²) in [5.41, 5.74) is 1.25. The molecular weight excluding hydrogens is 226 g/mol. The Morgan fingerprint density at radius 3 is 2.72 bits per heavy atom. The standard InChI is InChI=1S/C15H23NO2/c1-13(9-11-18-2)15(17)8-10-16-12-14-6-4-3-5-7-14/h3-7,13,16H,8-12H2,1-2H3. The monoisotopic (exact) mass is 249 g/mol. The molecule has 1 N–H and O–H groups in total. The molecule has 0 aliphatic carbocycles. The molecule has 0 saturated carbocycles. The maximum atomic E-state index is 11.8. The van der Waals surface area contributed by atoms with Gasteiger partial charge >= 0.3 is 0 Å². The molecule has 0 saturated heterocycles. The summed E-state index contributed by atoms with van der Waals surface area (Å²) in [6.45, 7) is 4.19. The first kappa shape index (κ1) is 14.9.